The van der Waals surface area contributed by atoms with Crippen molar-refractivity contribution >= 4 is 5.78 Å². The minimum absolute atomic E-state index is 0.0221. The number of ether oxygens (including phenoxy) is 8. The molecule has 9 fully saturated rings. The maximum Gasteiger partial charge on any atom is 0.187 e. The lowest BCUT2D eigenvalue weighted by molar-refractivity contribution is -0.370. The van der Waals surface area contributed by atoms with Crippen molar-refractivity contribution in [3.63, 3.8) is 0 Å². The lowest BCUT2D eigenvalue weighted by Crippen LogP contribution is -2.68. The summed E-state index contributed by atoms with van der Waals surface area (Å²) in [6, 6.07) is 0. The average molecular weight is 901 g/mol. The van der Waals surface area contributed by atoms with Gasteiger partial charge in [0.25, 0.3) is 0 Å². The minimum atomic E-state index is -1.79. The van der Waals surface area contributed by atoms with Crippen LogP contribution in [0.15, 0.2) is 0 Å². The van der Waals surface area contributed by atoms with Gasteiger partial charge in [0.2, 0.25) is 0 Å². The summed E-state index contributed by atoms with van der Waals surface area (Å²) in [5, 5.41) is 98.4. The normalized spacial score (nSPS) is 59.4. The molecule has 9 rings (SSSR count). The number of rotatable bonds is 7. The quantitative estimate of drug-likeness (QED) is 0.147. The van der Waals surface area contributed by atoms with Gasteiger partial charge < -0.3 is 83.9 Å². The van der Waals surface area contributed by atoms with Crippen LogP contribution in [-0.4, -0.2) is 181 Å². The highest BCUT2D eigenvalue weighted by Gasteiger charge is 2.72. The lowest BCUT2D eigenvalue weighted by Gasteiger charge is -2.63. The number of fused-ring (bicyclic) bond motifs is 7. The molecule has 18 heteroatoms. The molecule has 4 saturated carbocycles. The summed E-state index contributed by atoms with van der Waals surface area (Å²) in [4.78, 5) is 14.5. The summed E-state index contributed by atoms with van der Waals surface area (Å²) >= 11 is 0. The van der Waals surface area contributed by atoms with E-state index in [0.29, 0.717) is 31.3 Å². The average Bonchev–Trinajstić information content (AvgIpc) is 3.70. The molecule has 0 aromatic carbocycles. The number of carbonyl (C=O) groups is 1. The van der Waals surface area contributed by atoms with Crippen LogP contribution in [0.2, 0.25) is 0 Å². The Labute approximate surface area is 368 Å². The molecular weight excluding hydrogens is 828 g/mol. The highest BCUT2D eigenvalue weighted by molar-refractivity contribution is 5.89. The lowest BCUT2D eigenvalue weighted by atomic mass is 9.42. The van der Waals surface area contributed by atoms with E-state index in [0.717, 1.165) is 32.1 Å². The van der Waals surface area contributed by atoms with Crippen LogP contribution in [0.3, 0.4) is 0 Å². The van der Waals surface area contributed by atoms with Gasteiger partial charge in [-0.3, -0.25) is 4.79 Å². The van der Waals surface area contributed by atoms with Crippen LogP contribution in [0.25, 0.3) is 0 Å². The summed E-state index contributed by atoms with van der Waals surface area (Å²) < 4.78 is 49.0. The van der Waals surface area contributed by atoms with Gasteiger partial charge in [-0.15, -0.1) is 0 Å². The highest BCUT2D eigenvalue weighted by Crippen LogP contribution is 2.71. The van der Waals surface area contributed by atoms with E-state index in [1.807, 2.05) is 6.92 Å². The summed E-state index contributed by atoms with van der Waals surface area (Å²) in [7, 11) is 0. The third kappa shape index (κ3) is 7.43. The first-order valence-electron chi connectivity index (χ1n) is 23.5. The van der Waals surface area contributed by atoms with Crippen molar-refractivity contribution < 1.29 is 88.6 Å². The van der Waals surface area contributed by atoms with Crippen LogP contribution in [0.5, 0.6) is 0 Å². The van der Waals surface area contributed by atoms with Crippen LogP contribution in [0.4, 0.5) is 0 Å². The molecule has 360 valence electrons. The minimum Gasteiger partial charge on any atom is -0.388 e. The number of aliphatic hydroxyl groups is 9. The van der Waals surface area contributed by atoms with Gasteiger partial charge in [-0.2, -0.15) is 0 Å². The smallest absolute Gasteiger partial charge is 0.187 e. The predicted molar refractivity (Wildman–Crippen MR) is 215 cm³/mol. The first kappa shape index (κ1) is 47.1. The second kappa shape index (κ2) is 16.9. The molecule has 0 amide bonds. The Kier molecular flexibility index (Phi) is 12.6. The molecule has 0 radical (unpaired) electrons. The third-order valence-corrected chi connectivity index (χ3v) is 18.2. The number of aliphatic hydroxyl groups excluding tert-OH is 8. The van der Waals surface area contributed by atoms with E-state index in [1.54, 1.807) is 0 Å². The van der Waals surface area contributed by atoms with Gasteiger partial charge in [0.05, 0.1) is 37.6 Å². The maximum absolute atomic E-state index is 14.5. The summed E-state index contributed by atoms with van der Waals surface area (Å²) in [5.74, 6) is 0.769. The molecule has 5 saturated heterocycles. The summed E-state index contributed by atoms with van der Waals surface area (Å²) in [6.07, 6.45) is -17.4. The Bertz CT molecular complexity index is 1660. The zero-order chi connectivity index (χ0) is 45.3. The molecule has 1 spiro atoms. The molecule has 5 aliphatic heterocycles. The summed E-state index contributed by atoms with van der Waals surface area (Å²) in [6.45, 7) is 12.1. The third-order valence-electron chi connectivity index (χ3n) is 18.2. The first-order valence-corrected chi connectivity index (χ1v) is 23.5. The molecule has 9 aliphatic rings. The van der Waals surface area contributed by atoms with Crippen molar-refractivity contribution in [1.29, 1.82) is 0 Å². The Balaban J connectivity index is 0.896. The van der Waals surface area contributed by atoms with Gasteiger partial charge >= 0.3 is 0 Å². The molecule has 9 N–H and O–H groups in total. The SMILES string of the molecule is C[C@@H]1CC[C@@]2(OC1)O[C@H]1C[C@H]3[C@@H]4CC(=O)[C@@]5(O)C[C@@H](O[C@@H]6O[C@H](CO[C@@H]7O[C@@H](C)[C@H](O)[C@@H](O)[C@H]7O)[C@@H](O[C@@H]7O[C@@H](C)[C@H](O)[C@@H](O)[C@H]7O)[C@H](O)[C@H]6O)CC[C@]5(C)[C@H]4CC[C@]3(C)[C@H]1[C@@H]2C. The molecule has 0 bridgehead atoms. The van der Waals surface area contributed by atoms with Crippen LogP contribution in [0.1, 0.15) is 99.3 Å². The van der Waals surface area contributed by atoms with Crippen LogP contribution >= 0.6 is 0 Å². The molecule has 0 unspecified atom stereocenters. The van der Waals surface area contributed by atoms with Crippen LogP contribution in [0, 0.1) is 46.3 Å². The van der Waals surface area contributed by atoms with Gasteiger partial charge in [-0.1, -0.05) is 27.7 Å². The molecule has 27 atom stereocenters. The topological polar surface area (TPSA) is 273 Å². The van der Waals surface area contributed by atoms with Gasteiger partial charge in [-0.25, -0.2) is 0 Å². The first-order chi connectivity index (χ1) is 29.6. The molecule has 5 heterocycles. The fourth-order valence-electron chi connectivity index (χ4n) is 14.3. The van der Waals surface area contributed by atoms with Gasteiger partial charge in [0, 0.05) is 30.6 Å². The van der Waals surface area contributed by atoms with E-state index in [2.05, 4.69) is 20.8 Å². The van der Waals surface area contributed by atoms with E-state index in [4.69, 9.17) is 37.9 Å². The Morgan fingerprint density at radius 2 is 1.33 bits per heavy atom. The van der Waals surface area contributed by atoms with E-state index >= 15 is 0 Å². The van der Waals surface area contributed by atoms with E-state index in [1.165, 1.54) is 13.8 Å². The zero-order valence-electron chi connectivity index (χ0n) is 37.3. The summed E-state index contributed by atoms with van der Waals surface area (Å²) in [5.41, 5.74) is -2.49. The van der Waals surface area contributed by atoms with Crippen LogP contribution < -0.4 is 0 Å². The maximum atomic E-state index is 14.5. The molecule has 4 aliphatic carbocycles. The monoisotopic (exact) mass is 900 g/mol. The molecular formula is C45H72O18. The van der Waals surface area contributed by atoms with E-state index in [-0.39, 0.29) is 53.8 Å². The number of ketones is 1. The largest absolute Gasteiger partial charge is 0.388 e. The van der Waals surface area contributed by atoms with Crippen molar-refractivity contribution in [2.45, 2.75) is 215 Å². The van der Waals surface area contributed by atoms with Gasteiger partial charge in [0.1, 0.15) is 66.6 Å². The van der Waals surface area contributed by atoms with Crippen molar-refractivity contribution in [3.8, 4) is 0 Å². The van der Waals surface area contributed by atoms with Crippen LogP contribution in [-0.2, 0) is 42.7 Å². The molecule has 0 aromatic rings. The number of hydrogen-bond donors (Lipinski definition) is 9. The molecule has 0 aromatic heterocycles. The second-order valence-electron chi connectivity index (χ2n) is 21.6. The fraction of sp³-hybridized carbons (Fsp3) is 0.978. The number of Topliss-reactive ketones (excluding diaryl/α,β-unsaturated/α-hetero) is 1. The standard InChI is InChI=1S/C45H72O18/c1-18-7-12-45(57-16-18)19(2)29-26(63-45)14-25-23-13-28(46)44(55)15-22(8-11-43(44,6)24(23)9-10-42(25,29)5)60-41-37(54)34(51)38(62-40-36(53)33(50)31(48)21(4)59-40)27(61-41)17-56-39-35(52)32(49)30(47)20(3)58-39/h18-27,29-41,47-55H,7-17H2,1-6H3/t18-,19+,20+,21+,22+,23-,24+,25+,26+,27-,29+,30+,31+,32-,33-,34-,35-,36-,37-,38-,39-,40+,41-,42+,43-,44+,45-/m1/s1. The van der Waals surface area contributed by atoms with Crippen molar-refractivity contribution in [1.82, 2.24) is 0 Å². The van der Waals surface area contributed by atoms with E-state index in [9.17, 15) is 50.8 Å². The second-order valence-corrected chi connectivity index (χ2v) is 21.6. The Morgan fingerprint density at radius 1 is 0.698 bits per heavy atom. The van der Waals surface area contributed by atoms with Gasteiger partial charge in [-0.05, 0) is 87.4 Å². The molecule has 63 heavy (non-hydrogen) atoms. The van der Waals surface area contributed by atoms with Crippen molar-refractivity contribution in [2.24, 2.45) is 46.3 Å². The zero-order valence-corrected chi connectivity index (χ0v) is 37.3. The number of carbonyl (C=O) groups excluding carboxylic acids is 1. The highest BCUT2D eigenvalue weighted by atomic mass is 16.8. The fourth-order valence-corrected chi connectivity index (χ4v) is 14.3. The Hall–Kier alpha value is -1.01. The van der Waals surface area contributed by atoms with E-state index < -0.39 is 122 Å². The van der Waals surface area contributed by atoms with Crippen molar-refractivity contribution in [2.75, 3.05) is 13.2 Å². The Morgan fingerprint density at radius 3 is 2.00 bits per heavy atom. The molecule has 18 nitrogen and oxygen atoms in total. The number of hydrogen-bond acceptors (Lipinski definition) is 18. The van der Waals surface area contributed by atoms with Gasteiger partial charge in [0.15, 0.2) is 30.4 Å². The van der Waals surface area contributed by atoms with Crippen molar-refractivity contribution in [3.05, 3.63) is 0 Å². The predicted octanol–water partition coefficient (Wildman–Crippen LogP) is -0.384.